The molecule has 0 aromatic heterocycles. The molecule has 1 fully saturated rings. The molecule has 84 valence electrons. The average Bonchev–Trinajstić information content (AvgIpc) is 2.47. The summed E-state index contributed by atoms with van der Waals surface area (Å²) in [6.07, 6.45) is 0.750. The Morgan fingerprint density at radius 2 is 2.27 bits per heavy atom. The summed E-state index contributed by atoms with van der Waals surface area (Å²) < 4.78 is 5.17. The number of hydrogen-bond donors (Lipinski definition) is 3. The first-order chi connectivity index (χ1) is 7.04. The van der Waals surface area contributed by atoms with E-state index in [9.17, 15) is 9.59 Å². The van der Waals surface area contributed by atoms with E-state index in [1.54, 1.807) is 0 Å². The lowest BCUT2D eigenvalue weighted by atomic mass is 10.2. The van der Waals surface area contributed by atoms with Gasteiger partial charge >= 0.3 is 5.97 Å². The predicted molar refractivity (Wildman–Crippen MR) is 49.9 cm³/mol. The van der Waals surface area contributed by atoms with Crippen molar-refractivity contribution < 1.29 is 24.5 Å². The van der Waals surface area contributed by atoms with Crippen LogP contribution in [0.15, 0.2) is 11.8 Å². The fourth-order valence-electron chi connectivity index (χ4n) is 1.34. The zero-order chi connectivity index (χ0) is 11.4. The highest BCUT2D eigenvalue weighted by molar-refractivity contribution is 5.79. The van der Waals surface area contributed by atoms with Crippen molar-refractivity contribution in [2.75, 3.05) is 6.61 Å². The van der Waals surface area contributed by atoms with E-state index in [1.807, 2.05) is 0 Å². The van der Waals surface area contributed by atoms with E-state index in [-0.39, 0.29) is 24.6 Å². The molecule has 1 aliphatic rings. The standard InChI is InChI=1S/C9H13NO5/c1-5(12)4-7-10-8(9(13)14)6(15-7)2-3-11/h2,7-8,10-11H,3-4H2,1H3,(H,13,14)/b6-2-/t7-,8-/m1/s1. The fraction of sp³-hybridized carbons (Fsp3) is 0.556. The van der Waals surface area contributed by atoms with Crippen LogP contribution in [0.25, 0.3) is 0 Å². The first-order valence-corrected chi connectivity index (χ1v) is 4.50. The van der Waals surface area contributed by atoms with Crippen LogP contribution < -0.4 is 5.32 Å². The summed E-state index contributed by atoms with van der Waals surface area (Å²) in [4.78, 5) is 21.6. The molecule has 0 saturated carbocycles. The second kappa shape index (κ2) is 4.90. The average molecular weight is 215 g/mol. The maximum atomic E-state index is 10.8. The number of Topliss-reactive ketones (excluding diaryl/α,β-unsaturated/α-hetero) is 1. The van der Waals surface area contributed by atoms with Gasteiger partial charge in [-0.25, -0.2) is 0 Å². The molecule has 6 heteroatoms. The summed E-state index contributed by atoms with van der Waals surface area (Å²) in [5, 5.41) is 20.1. The number of ketones is 1. The first kappa shape index (κ1) is 11.7. The predicted octanol–water partition coefficient (Wildman–Crippen LogP) is -0.759. The molecule has 15 heavy (non-hydrogen) atoms. The Morgan fingerprint density at radius 1 is 1.60 bits per heavy atom. The minimum atomic E-state index is -1.10. The number of nitrogens with one attached hydrogen (secondary N) is 1. The van der Waals surface area contributed by atoms with Crippen molar-refractivity contribution in [2.24, 2.45) is 0 Å². The van der Waals surface area contributed by atoms with Crippen LogP contribution in [0.1, 0.15) is 13.3 Å². The van der Waals surface area contributed by atoms with Gasteiger partial charge in [0.05, 0.1) is 13.0 Å². The minimum Gasteiger partial charge on any atom is -0.480 e. The van der Waals surface area contributed by atoms with Gasteiger partial charge in [0.25, 0.3) is 0 Å². The highest BCUT2D eigenvalue weighted by Crippen LogP contribution is 2.18. The quantitative estimate of drug-likeness (QED) is 0.570. The number of ether oxygens (including phenoxy) is 1. The van der Waals surface area contributed by atoms with E-state index in [1.165, 1.54) is 13.0 Å². The third-order valence-electron chi connectivity index (χ3n) is 1.93. The molecule has 1 saturated heterocycles. The van der Waals surface area contributed by atoms with Gasteiger partial charge in [-0.1, -0.05) is 0 Å². The number of hydrogen-bond acceptors (Lipinski definition) is 5. The lowest BCUT2D eigenvalue weighted by Gasteiger charge is -2.06. The third kappa shape index (κ3) is 3.03. The molecule has 0 radical (unpaired) electrons. The second-order valence-electron chi connectivity index (χ2n) is 3.24. The highest BCUT2D eigenvalue weighted by atomic mass is 16.5. The van der Waals surface area contributed by atoms with Crippen molar-refractivity contribution in [3.8, 4) is 0 Å². The molecule has 0 spiro atoms. The Hall–Kier alpha value is -1.40. The second-order valence-corrected chi connectivity index (χ2v) is 3.24. The lowest BCUT2D eigenvalue weighted by Crippen LogP contribution is -2.36. The molecular formula is C9H13NO5. The summed E-state index contributed by atoms with van der Waals surface area (Å²) in [6.45, 7) is 1.10. The van der Waals surface area contributed by atoms with Crippen molar-refractivity contribution in [3.05, 3.63) is 11.8 Å². The first-order valence-electron chi connectivity index (χ1n) is 4.50. The van der Waals surface area contributed by atoms with Crippen LogP contribution in [0.4, 0.5) is 0 Å². The Kier molecular flexibility index (Phi) is 3.81. The molecule has 1 rings (SSSR count). The molecule has 0 unspecified atom stereocenters. The maximum absolute atomic E-state index is 10.8. The fourth-order valence-corrected chi connectivity index (χ4v) is 1.34. The summed E-state index contributed by atoms with van der Waals surface area (Å²) in [7, 11) is 0. The van der Waals surface area contributed by atoms with E-state index in [4.69, 9.17) is 14.9 Å². The van der Waals surface area contributed by atoms with Crippen molar-refractivity contribution in [1.82, 2.24) is 5.32 Å². The Labute approximate surface area is 86.5 Å². The van der Waals surface area contributed by atoms with Crippen LogP contribution in [-0.2, 0) is 14.3 Å². The molecule has 1 aliphatic heterocycles. The lowest BCUT2D eigenvalue weighted by molar-refractivity contribution is -0.138. The number of aliphatic hydroxyl groups is 1. The number of aliphatic carboxylic acids is 1. The van der Waals surface area contributed by atoms with E-state index in [0.29, 0.717) is 0 Å². The van der Waals surface area contributed by atoms with Gasteiger partial charge in [0.15, 0.2) is 12.3 Å². The van der Waals surface area contributed by atoms with Gasteiger partial charge in [-0.15, -0.1) is 0 Å². The Morgan fingerprint density at radius 3 is 2.73 bits per heavy atom. The number of rotatable bonds is 4. The van der Waals surface area contributed by atoms with E-state index < -0.39 is 18.2 Å². The van der Waals surface area contributed by atoms with Crippen LogP contribution in [0.5, 0.6) is 0 Å². The van der Waals surface area contributed by atoms with Gasteiger partial charge < -0.3 is 14.9 Å². The van der Waals surface area contributed by atoms with Crippen LogP contribution in [-0.4, -0.2) is 40.8 Å². The molecule has 3 N–H and O–H groups in total. The molecule has 2 atom stereocenters. The topological polar surface area (TPSA) is 95.9 Å². The summed E-state index contributed by atoms with van der Waals surface area (Å²) >= 11 is 0. The number of carbonyl (C=O) groups excluding carboxylic acids is 1. The van der Waals surface area contributed by atoms with Crippen LogP contribution in [0.3, 0.4) is 0 Å². The Balaban J connectivity index is 2.69. The monoisotopic (exact) mass is 215 g/mol. The smallest absolute Gasteiger partial charge is 0.328 e. The Bertz CT molecular complexity index is 299. The molecular weight excluding hydrogens is 202 g/mol. The SMILES string of the molecule is CC(=O)C[C@@H]1N[C@@H](C(=O)O)/C(=C/CO)O1. The number of carboxylic acid groups (broad SMARTS) is 1. The van der Waals surface area contributed by atoms with E-state index in [0.717, 1.165) is 0 Å². The van der Waals surface area contributed by atoms with Crippen molar-refractivity contribution >= 4 is 11.8 Å². The summed E-state index contributed by atoms with van der Waals surface area (Å²) in [5.74, 6) is -1.04. The molecule has 0 amide bonds. The van der Waals surface area contributed by atoms with Gasteiger partial charge in [0.1, 0.15) is 11.5 Å². The molecule has 0 aromatic carbocycles. The van der Waals surface area contributed by atoms with Crippen molar-refractivity contribution in [3.63, 3.8) is 0 Å². The van der Waals surface area contributed by atoms with E-state index >= 15 is 0 Å². The zero-order valence-corrected chi connectivity index (χ0v) is 8.27. The summed E-state index contributed by atoms with van der Waals surface area (Å²) in [6, 6.07) is -0.985. The normalized spacial score (nSPS) is 27.7. The van der Waals surface area contributed by atoms with Gasteiger partial charge in [0.2, 0.25) is 0 Å². The van der Waals surface area contributed by atoms with Gasteiger partial charge in [-0.05, 0) is 13.0 Å². The molecule has 0 aliphatic carbocycles. The summed E-state index contributed by atoms with van der Waals surface area (Å²) in [5.41, 5.74) is 0. The third-order valence-corrected chi connectivity index (χ3v) is 1.93. The van der Waals surface area contributed by atoms with Crippen molar-refractivity contribution in [1.29, 1.82) is 0 Å². The van der Waals surface area contributed by atoms with Gasteiger partial charge in [0, 0.05) is 0 Å². The van der Waals surface area contributed by atoms with E-state index in [2.05, 4.69) is 5.32 Å². The largest absolute Gasteiger partial charge is 0.480 e. The highest BCUT2D eigenvalue weighted by Gasteiger charge is 2.35. The van der Waals surface area contributed by atoms with Gasteiger partial charge in [-0.3, -0.25) is 14.9 Å². The minimum absolute atomic E-state index is 0.0955. The molecule has 0 bridgehead atoms. The maximum Gasteiger partial charge on any atom is 0.328 e. The number of carboxylic acids is 1. The van der Waals surface area contributed by atoms with Gasteiger partial charge in [-0.2, -0.15) is 0 Å². The zero-order valence-electron chi connectivity index (χ0n) is 8.27. The molecule has 0 aromatic rings. The number of carbonyl (C=O) groups is 2. The van der Waals surface area contributed by atoms with Crippen LogP contribution >= 0.6 is 0 Å². The van der Waals surface area contributed by atoms with Crippen LogP contribution in [0.2, 0.25) is 0 Å². The molecule has 6 nitrogen and oxygen atoms in total. The number of aliphatic hydroxyl groups excluding tert-OH is 1. The molecule has 1 heterocycles. The van der Waals surface area contributed by atoms with Crippen molar-refractivity contribution in [2.45, 2.75) is 25.6 Å². The van der Waals surface area contributed by atoms with Crippen LogP contribution in [0, 0.1) is 0 Å².